The lowest BCUT2D eigenvalue weighted by Crippen LogP contribution is -2.46. The number of rotatable bonds is 2. The zero-order valence-electron chi connectivity index (χ0n) is 10.3. The lowest BCUT2D eigenvalue weighted by molar-refractivity contribution is -0.00522. The molecule has 2 rings (SSSR count). The Hall–Kier alpha value is -1.55. The molecular weight excluding hydrogens is 214 g/mol. The van der Waals surface area contributed by atoms with Crippen LogP contribution in [0.25, 0.3) is 0 Å². The predicted octanol–water partition coefficient (Wildman–Crippen LogP) is 1.58. The van der Waals surface area contributed by atoms with Gasteiger partial charge in [-0.1, -0.05) is 12.1 Å². The summed E-state index contributed by atoms with van der Waals surface area (Å²) in [5.74, 6) is 0.118. The van der Waals surface area contributed by atoms with Crippen molar-refractivity contribution >= 4 is 11.5 Å². The Morgan fingerprint density at radius 3 is 2.47 bits per heavy atom. The molecule has 1 aromatic carbocycles. The largest absolute Gasteiger partial charge is 0.384 e. The minimum Gasteiger partial charge on any atom is -0.384 e. The number of anilines is 1. The Morgan fingerprint density at radius 1 is 1.29 bits per heavy atom. The van der Waals surface area contributed by atoms with Crippen LogP contribution in [0.1, 0.15) is 19.4 Å². The molecule has 1 fully saturated rings. The third-order valence-corrected chi connectivity index (χ3v) is 2.95. The van der Waals surface area contributed by atoms with Gasteiger partial charge in [-0.3, -0.25) is 5.41 Å². The molecule has 0 saturated carbocycles. The zero-order chi connectivity index (χ0) is 12.4. The summed E-state index contributed by atoms with van der Waals surface area (Å²) >= 11 is 0. The van der Waals surface area contributed by atoms with Gasteiger partial charge in [-0.2, -0.15) is 0 Å². The fourth-order valence-corrected chi connectivity index (χ4v) is 2.35. The molecule has 0 radical (unpaired) electrons. The number of para-hydroxylation sites is 1. The maximum absolute atomic E-state index is 7.62. The van der Waals surface area contributed by atoms with Gasteiger partial charge >= 0.3 is 0 Å². The molecule has 1 aliphatic heterocycles. The Morgan fingerprint density at radius 2 is 1.88 bits per heavy atom. The number of amidine groups is 1. The monoisotopic (exact) mass is 233 g/mol. The first-order valence-electron chi connectivity index (χ1n) is 5.91. The normalized spacial score (nSPS) is 24.7. The van der Waals surface area contributed by atoms with Crippen LogP contribution in [0.4, 0.5) is 5.69 Å². The van der Waals surface area contributed by atoms with Crippen molar-refractivity contribution < 1.29 is 4.74 Å². The average Bonchev–Trinajstić information content (AvgIpc) is 2.27. The number of nitrogen functional groups attached to an aromatic ring is 1. The van der Waals surface area contributed by atoms with Crippen LogP contribution in [0.2, 0.25) is 0 Å². The summed E-state index contributed by atoms with van der Waals surface area (Å²) in [5, 5.41) is 7.62. The van der Waals surface area contributed by atoms with E-state index >= 15 is 0 Å². The summed E-state index contributed by atoms with van der Waals surface area (Å²) in [6.45, 7) is 5.82. The van der Waals surface area contributed by atoms with Crippen molar-refractivity contribution in [2.75, 3.05) is 18.0 Å². The van der Waals surface area contributed by atoms with E-state index in [9.17, 15) is 0 Å². The van der Waals surface area contributed by atoms with E-state index in [0.29, 0.717) is 0 Å². The van der Waals surface area contributed by atoms with Gasteiger partial charge in [0.1, 0.15) is 5.84 Å². The van der Waals surface area contributed by atoms with Crippen LogP contribution in [-0.2, 0) is 4.74 Å². The van der Waals surface area contributed by atoms with E-state index < -0.39 is 0 Å². The van der Waals surface area contributed by atoms with Crippen LogP contribution >= 0.6 is 0 Å². The summed E-state index contributed by atoms with van der Waals surface area (Å²) < 4.78 is 5.71. The van der Waals surface area contributed by atoms with E-state index in [1.807, 2.05) is 24.3 Å². The number of ether oxygens (including phenoxy) is 1. The Balaban J connectivity index is 2.30. The van der Waals surface area contributed by atoms with Gasteiger partial charge < -0.3 is 15.4 Å². The first-order valence-corrected chi connectivity index (χ1v) is 5.91. The maximum Gasteiger partial charge on any atom is 0.124 e. The first-order chi connectivity index (χ1) is 8.08. The van der Waals surface area contributed by atoms with E-state index in [1.54, 1.807) is 0 Å². The summed E-state index contributed by atoms with van der Waals surface area (Å²) in [6, 6.07) is 7.80. The third kappa shape index (κ3) is 2.58. The topological polar surface area (TPSA) is 62.3 Å². The number of nitrogens with one attached hydrogen (secondary N) is 1. The Labute approximate surface area is 102 Å². The second-order valence-corrected chi connectivity index (χ2v) is 4.59. The number of hydrogen-bond acceptors (Lipinski definition) is 3. The number of morpholine rings is 1. The van der Waals surface area contributed by atoms with E-state index in [-0.39, 0.29) is 18.0 Å². The Kier molecular flexibility index (Phi) is 3.33. The summed E-state index contributed by atoms with van der Waals surface area (Å²) in [5.41, 5.74) is 7.45. The lowest BCUT2D eigenvalue weighted by Gasteiger charge is -2.37. The lowest BCUT2D eigenvalue weighted by atomic mass is 10.1. The van der Waals surface area contributed by atoms with Gasteiger partial charge in [0.15, 0.2) is 0 Å². The number of hydrogen-bond donors (Lipinski definition) is 2. The smallest absolute Gasteiger partial charge is 0.124 e. The van der Waals surface area contributed by atoms with Crippen LogP contribution in [-0.4, -0.2) is 31.1 Å². The van der Waals surface area contributed by atoms with Gasteiger partial charge in [0.25, 0.3) is 0 Å². The van der Waals surface area contributed by atoms with Crippen LogP contribution < -0.4 is 10.6 Å². The molecule has 2 atom stereocenters. The highest BCUT2D eigenvalue weighted by molar-refractivity contribution is 6.00. The van der Waals surface area contributed by atoms with Crippen molar-refractivity contribution in [3.63, 3.8) is 0 Å². The highest BCUT2D eigenvalue weighted by atomic mass is 16.5. The first kappa shape index (κ1) is 11.9. The van der Waals surface area contributed by atoms with Crippen molar-refractivity contribution in [2.24, 2.45) is 5.73 Å². The van der Waals surface area contributed by atoms with E-state index in [1.165, 1.54) is 0 Å². The van der Waals surface area contributed by atoms with Gasteiger partial charge in [-0.05, 0) is 26.0 Å². The summed E-state index contributed by atoms with van der Waals surface area (Å²) in [7, 11) is 0. The molecule has 1 saturated heterocycles. The van der Waals surface area contributed by atoms with Gasteiger partial charge in [0.05, 0.1) is 12.2 Å². The molecule has 0 amide bonds. The van der Waals surface area contributed by atoms with Crippen LogP contribution in [0.3, 0.4) is 0 Å². The zero-order valence-corrected chi connectivity index (χ0v) is 10.3. The van der Waals surface area contributed by atoms with Crippen molar-refractivity contribution in [1.29, 1.82) is 5.41 Å². The molecule has 1 heterocycles. The van der Waals surface area contributed by atoms with Crippen LogP contribution in [0.5, 0.6) is 0 Å². The number of benzene rings is 1. The molecule has 4 heteroatoms. The molecule has 2 unspecified atom stereocenters. The van der Waals surface area contributed by atoms with Crippen molar-refractivity contribution in [3.8, 4) is 0 Å². The summed E-state index contributed by atoms with van der Waals surface area (Å²) in [4.78, 5) is 2.25. The molecule has 0 aromatic heterocycles. The number of nitrogens with two attached hydrogens (primary N) is 1. The minimum absolute atomic E-state index is 0.118. The third-order valence-electron chi connectivity index (χ3n) is 2.95. The van der Waals surface area contributed by atoms with Crippen molar-refractivity contribution in [2.45, 2.75) is 26.1 Å². The Bertz CT molecular complexity index is 409. The van der Waals surface area contributed by atoms with E-state index in [0.717, 1.165) is 24.3 Å². The molecule has 3 N–H and O–H groups in total. The van der Waals surface area contributed by atoms with Crippen LogP contribution in [0.15, 0.2) is 24.3 Å². The highest BCUT2D eigenvalue weighted by Gasteiger charge is 2.24. The van der Waals surface area contributed by atoms with Crippen molar-refractivity contribution in [1.82, 2.24) is 0 Å². The van der Waals surface area contributed by atoms with Gasteiger partial charge in [-0.25, -0.2) is 0 Å². The van der Waals surface area contributed by atoms with E-state index in [4.69, 9.17) is 15.9 Å². The fraction of sp³-hybridized carbons (Fsp3) is 0.462. The predicted molar refractivity (Wildman–Crippen MR) is 69.7 cm³/mol. The molecule has 92 valence electrons. The molecule has 4 nitrogen and oxygen atoms in total. The standard InChI is InChI=1S/C13H19N3O/c1-9-7-16(8-10(2)17-9)12-6-4-3-5-11(12)13(14)15/h3-6,9-10H,7-8H2,1-2H3,(H3,14,15). The molecule has 17 heavy (non-hydrogen) atoms. The number of nitrogens with zero attached hydrogens (tertiary/aromatic N) is 1. The average molecular weight is 233 g/mol. The van der Waals surface area contributed by atoms with Crippen molar-refractivity contribution in [3.05, 3.63) is 29.8 Å². The second-order valence-electron chi connectivity index (χ2n) is 4.59. The van der Waals surface area contributed by atoms with E-state index in [2.05, 4.69) is 18.7 Å². The van der Waals surface area contributed by atoms with Gasteiger partial charge in [0, 0.05) is 24.3 Å². The SMILES string of the molecule is CC1CN(c2ccccc2C(=N)N)CC(C)O1. The highest BCUT2D eigenvalue weighted by Crippen LogP contribution is 2.23. The molecule has 0 bridgehead atoms. The molecule has 1 aliphatic rings. The second kappa shape index (κ2) is 4.75. The molecule has 1 aromatic rings. The van der Waals surface area contributed by atoms with Crippen LogP contribution in [0, 0.1) is 5.41 Å². The molecule has 0 aliphatic carbocycles. The minimum atomic E-state index is 0.118. The molecule has 0 spiro atoms. The van der Waals surface area contributed by atoms with Gasteiger partial charge in [-0.15, -0.1) is 0 Å². The maximum atomic E-state index is 7.62. The molecular formula is C13H19N3O. The quantitative estimate of drug-likeness (QED) is 0.602. The fourth-order valence-electron chi connectivity index (χ4n) is 2.35. The summed E-state index contributed by atoms with van der Waals surface area (Å²) in [6.07, 6.45) is 0.414. The van der Waals surface area contributed by atoms with Gasteiger partial charge in [0.2, 0.25) is 0 Å².